The monoisotopic (exact) mass is 403 g/mol. The normalized spacial score (nSPS) is 16.3. The number of carbonyl (C=O) groups excluding carboxylic acids is 3. The summed E-state index contributed by atoms with van der Waals surface area (Å²) < 4.78 is 29.1. The summed E-state index contributed by atoms with van der Waals surface area (Å²) >= 11 is 0.921. The van der Waals surface area contributed by atoms with Crippen LogP contribution in [0.2, 0.25) is 0 Å². The van der Waals surface area contributed by atoms with Crippen LogP contribution in [-0.4, -0.2) is 57.0 Å². The molecule has 1 aliphatic heterocycles. The molecule has 1 fully saturated rings. The molecule has 0 saturated carbocycles. The number of amides is 2. The minimum absolute atomic E-state index is 0.105. The summed E-state index contributed by atoms with van der Waals surface area (Å²) in [6.45, 7) is 2.08. The molecule has 0 aliphatic carbocycles. The topological polar surface area (TPSA) is 136 Å². The molecule has 9 nitrogen and oxygen atoms in total. The van der Waals surface area contributed by atoms with Crippen LogP contribution >= 0.6 is 11.3 Å². The number of hydrogen-bond acceptors (Lipinski definition) is 7. The Bertz CT molecular complexity index is 838. The van der Waals surface area contributed by atoms with E-state index in [1.165, 1.54) is 11.4 Å². The van der Waals surface area contributed by atoms with Crippen molar-refractivity contribution in [3.63, 3.8) is 0 Å². The lowest BCUT2D eigenvalue weighted by molar-refractivity contribution is -0.120. The van der Waals surface area contributed by atoms with E-state index in [1.54, 1.807) is 6.92 Å². The van der Waals surface area contributed by atoms with Crippen molar-refractivity contribution in [1.82, 2.24) is 4.31 Å². The first kappa shape index (κ1) is 20.3. The highest BCUT2D eigenvalue weighted by Crippen LogP contribution is 2.34. The van der Waals surface area contributed by atoms with E-state index in [9.17, 15) is 22.8 Å². The molecule has 3 N–H and O–H groups in total. The minimum atomic E-state index is -3.28. The average Bonchev–Trinajstić information content (AvgIpc) is 2.90. The molecule has 0 bridgehead atoms. The maximum atomic E-state index is 12.5. The summed E-state index contributed by atoms with van der Waals surface area (Å²) in [7, 11) is -2.07. The number of nitrogens with one attached hydrogen (secondary N) is 1. The van der Waals surface area contributed by atoms with Crippen molar-refractivity contribution in [3.05, 3.63) is 16.0 Å². The SMILES string of the molecule is COC(=O)c1c(NC(=O)C2CCN(S(C)(=O)=O)CC2)sc(C(N)=O)c1C. The van der Waals surface area contributed by atoms with Gasteiger partial charge in [-0.3, -0.25) is 9.59 Å². The third kappa shape index (κ3) is 4.22. The Hall–Kier alpha value is -1.98. The van der Waals surface area contributed by atoms with Crippen LogP contribution in [0.3, 0.4) is 0 Å². The summed E-state index contributed by atoms with van der Waals surface area (Å²) in [5.74, 6) is -2.09. The van der Waals surface area contributed by atoms with Crippen LogP contribution in [0.25, 0.3) is 0 Å². The van der Waals surface area contributed by atoms with Gasteiger partial charge in [0.25, 0.3) is 5.91 Å². The molecule has 0 unspecified atom stereocenters. The smallest absolute Gasteiger partial charge is 0.341 e. The highest BCUT2D eigenvalue weighted by atomic mass is 32.2. The summed E-state index contributed by atoms with van der Waals surface area (Å²) in [6, 6.07) is 0. The zero-order valence-corrected chi connectivity index (χ0v) is 16.3. The highest BCUT2D eigenvalue weighted by molar-refractivity contribution is 7.88. The molecule has 1 aromatic rings. The third-order valence-corrected chi connectivity index (χ3v) is 6.82. The minimum Gasteiger partial charge on any atom is -0.465 e. The number of thiophene rings is 1. The van der Waals surface area contributed by atoms with Crippen molar-refractivity contribution in [2.75, 3.05) is 31.8 Å². The van der Waals surface area contributed by atoms with Crippen LogP contribution in [0.5, 0.6) is 0 Å². The lowest BCUT2D eigenvalue weighted by Crippen LogP contribution is -2.40. The summed E-state index contributed by atoms with van der Waals surface area (Å²) in [5.41, 5.74) is 5.78. The Labute approximate surface area is 155 Å². The van der Waals surface area contributed by atoms with Crippen LogP contribution in [0, 0.1) is 12.8 Å². The van der Waals surface area contributed by atoms with Crippen molar-refractivity contribution in [2.45, 2.75) is 19.8 Å². The number of hydrogen-bond donors (Lipinski definition) is 2. The molecule has 0 aromatic carbocycles. The van der Waals surface area contributed by atoms with Gasteiger partial charge in [0.05, 0.1) is 23.8 Å². The van der Waals surface area contributed by atoms with E-state index in [4.69, 9.17) is 10.5 Å². The number of piperidine rings is 1. The van der Waals surface area contributed by atoms with Crippen LogP contribution in [-0.2, 0) is 19.6 Å². The van der Waals surface area contributed by atoms with Gasteiger partial charge in [-0.15, -0.1) is 11.3 Å². The quantitative estimate of drug-likeness (QED) is 0.689. The highest BCUT2D eigenvalue weighted by Gasteiger charge is 2.31. The Morgan fingerprint density at radius 2 is 1.85 bits per heavy atom. The molecule has 2 rings (SSSR count). The van der Waals surface area contributed by atoms with Gasteiger partial charge in [0.2, 0.25) is 15.9 Å². The van der Waals surface area contributed by atoms with E-state index in [0.717, 1.165) is 17.6 Å². The number of rotatable bonds is 5. The molecule has 0 atom stereocenters. The molecule has 2 heterocycles. The standard InChI is InChI=1S/C15H21N3O6S2/c1-8-10(15(21)24-2)14(25-11(8)12(16)19)17-13(20)9-4-6-18(7-5-9)26(3,22)23/h9H,4-7H2,1-3H3,(H2,16,19)(H,17,20). The molecule has 1 aliphatic rings. The number of ether oxygens (including phenoxy) is 1. The van der Waals surface area contributed by atoms with Gasteiger partial charge in [-0.1, -0.05) is 0 Å². The van der Waals surface area contributed by atoms with E-state index in [1.807, 2.05) is 0 Å². The van der Waals surface area contributed by atoms with Crippen molar-refractivity contribution in [3.8, 4) is 0 Å². The average molecular weight is 403 g/mol. The van der Waals surface area contributed by atoms with Gasteiger partial charge in [0.1, 0.15) is 5.00 Å². The summed E-state index contributed by atoms with van der Waals surface area (Å²) in [5, 5.41) is 2.88. The van der Waals surface area contributed by atoms with Crippen molar-refractivity contribution >= 4 is 44.1 Å². The first-order valence-electron chi connectivity index (χ1n) is 7.83. The molecule has 144 valence electrons. The number of methoxy groups -OCH3 is 1. The van der Waals surface area contributed by atoms with Crippen LogP contribution in [0.1, 0.15) is 38.4 Å². The Morgan fingerprint density at radius 1 is 1.27 bits per heavy atom. The molecule has 11 heteroatoms. The van der Waals surface area contributed by atoms with E-state index < -0.39 is 27.8 Å². The largest absolute Gasteiger partial charge is 0.465 e. The lowest BCUT2D eigenvalue weighted by atomic mass is 9.97. The van der Waals surface area contributed by atoms with Gasteiger partial charge < -0.3 is 15.8 Å². The number of anilines is 1. The second-order valence-corrected chi connectivity index (χ2v) is 9.04. The fourth-order valence-electron chi connectivity index (χ4n) is 2.85. The number of primary amides is 1. The maximum Gasteiger partial charge on any atom is 0.341 e. The first-order chi connectivity index (χ1) is 12.1. The molecule has 0 radical (unpaired) electrons. The molecule has 1 saturated heterocycles. The molecule has 26 heavy (non-hydrogen) atoms. The zero-order valence-electron chi connectivity index (χ0n) is 14.7. The molecule has 1 aromatic heterocycles. The van der Waals surface area contributed by atoms with Gasteiger partial charge in [0, 0.05) is 19.0 Å². The van der Waals surface area contributed by atoms with E-state index in [-0.39, 0.29) is 34.4 Å². The van der Waals surface area contributed by atoms with E-state index >= 15 is 0 Å². The zero-order chi connectivity index (χ0) is 19.6. The Balaban J connectivity index is 2.18. The number of carbonyl (C=O) groups is 3. The van der Waals surface area contributed by atoms with Gasteiger partial charge in [-0.25, -0.2) is 17.5 Å². The molecule has 0 spiro atoms. The van der Waals surface area contributed by atoms with Crippen LogP contribution in [0.4, 0.5) is 5.00 Å². The van der Waals surface area contributed by atoms with Gasteiger partial charge in [-0.05, 0) is 25.3 Å². The van der Waals surface area contributed by atoms with E-state index in [0.29, 0.717) is 18.4 Å². The first-order valence-corrected chi connectivity index (χ1v) is 10.5. The predicted octanol–water partition coefficient (Wildman–Crippen LogP) is 0.552. The van der Waals surface area contributed by atoms with Crippen LogP contribution < -0.4 is 11.1 Å². The second-order valence-electron chi connectivity index (χ2n) is 6.04. The Kier molecular flexibility index (Phi) is 6.04. The number of esters is 1. The van der Waals surface area contributed by atoms with Crippen molar-refractivity contribution in [2.24, 2.45) is 11.7 Å². The molecular formula is C15H21N3O6S2. The number of sulfonamides is 1. The van der Waals surface area contributed by atoms with Gasteiger partial charge in [0.15, 0.2) is 0 Å². The molecule has 2 amide bonds. The summed E-state index contributed by atoms with van der Waals surface area (Å²) in [4.78, 5) is 36.2. The van der Waals surface area contributed by atoms with Crippen molar-refractivity contribution < 1.29 is 27.5 Å². The van der Waals surface area contributed by atoms with E-state index in [2.05, 4.69) is 5.32 Å². The summed E-state index contributed by atoms with van der Waals surface area (Å²) in [6.07, 6.45) is 1.88. The molecular weight excluding hydrogens is 382 g/mol. The number of nitrogens with two attached hydrogens (primary N) is 1. The Morgan fingerprint density at radius 3 is 2.31 bits per heavy atom. The van der Waals surface area contributed by atoms with Crippen molar-refractivity contribution in [1.29, 1.82) is 0 Å². The maximum absolute atomic E-state index is 12.5. The predicted molar refractivity (Wildman–Crippen MR) is 96.7 cm³/mol. The second kappa shape index (κ2) is 7.72. The fraction of sp³-hybridized carbons (Fsp3) is 0.533. The fourth-order valence-corrected chi connectivity index (χ4v) is 4.77. The van der Waals surface area contributed by atoms with Gasteiger partial charge in [-0.2, -0.15) is 0 Å². The lowest BCUT2D eigenvalue weighted by Gasteiger charge is -2.29. The van der Waals surface area contributed by atoms with Gasteiger partial charge >= 0.3 is 5.97 Å². The van der Waals surface area contributed by atoms with Crippen LogP contribution in [0.15, 0.2) is 0 Å². The third-order valence-electron chi connectivity index (χ3n) is 4.29. The number of nitrogens with zero attached hydrogens (tertiary/aromatic N) is 1.